The molecule has 0 saturated carbocycles. The number of benzene rings is 2. The maximum absolute atomic E-state index is 10.2. The van der Waals surface area contributed by atoms with Crippen LogP contribution < -0.4 is 4.90 Å². The van der Waals surface area contributed by atoms with Crippen molar-refractivity contribution in [3.05, 3.63) is 135 Å². The molecule has 0 spiro atoms. The zero-order valence-electron chi connectivity index (χ0n) is 32.4. The number of hydrogen-bond donors (Lipinski definition) is 0. The molecule has 3 aliphatic rings. The van der Waals surface area contributed by atoms with Crippen LogP contribution in [0.4, 0.5) is 5.69 Å². The molecule has 2 aromatic carbocycles. The minimum absolute atomic E-state index is 0.0302. The predicted octanol–water partition coefficient (Wildman–Crippen LogP) is 10.9. The molecule has 52 heavy (non-hydrogen) atoms. The molecule has 1 aliphatic carbocycles. The van der Waals surface area contributed by atoms with E-state index in [-0.39, 0.29) is 27.7 Å². The van der Waals surface area contributed by atoms with Gasteiger partial charge in [-0.05, 0) is 72.4 Å². The van der Waals surface area contributed by atoms with Crippen LogP contribution in [0.1, 0.15) is 72.4 Å². The summed E-state index contributed by atoms with van der Waals surface area (Å²) in [5.74, 6) is 4.08. The molecule has 6 heteroatoms. The van der Waals surface area contributed by atoms with Gasteiger partial charge in [-0.15, -0.1) is 5.54 Å². The van der Waals surface area contributed by atoms with Crippen LogP contribution in [0.5, 0.6) is 0 Å². The van der Waals surface area contributed by atoms with Crippen molar-refractivity contribution >= 4 is 13.8 Å². The van der Waals surface area contributed by atoms with E-state index >= 15 is 0 Å². The quantitative estimate of drug-likeness (QED) is 0.176. The van der Waals surface area contributed by atoms with Crippen molar-refractivity contribution in [2.24, 2.45) is 11.3 Å². The summed E-state index contributed by atoms with van der Waals surface area (Å²) in [6, 6.07) is 25.4. The lowest BCUT2D eigenvalue weighted by Gasteiger charge is -2.36. The third kappa shape index (κ3) is 7.80. The normalized spacial score (nSPS) is 21.0. The second kappa shape index (κ2) is 14.4. The molecular formula is C46H50N4OSi. The van der Waals surface area contributed by atoms with E-state index in [2.05, 4.69) is 150 Å². The molecule has 2 aliphatic heterocycles. The van der Waals surface area contributed by atoms with Crippen LogP contribution in [0.25, 0.3) is 0 Å². The molecule has 2 heterocycles. The topological polar surface area (TPSA) is 83.8 Å². The molecule has 0 amide bonds. The molecule has 1 unspecified atom stereocenters. The van der Waals surface area contributed by atoms with Crippen LogP contribution in [0.3, 0.4) is 0 Å². The summed E-state index contributed by atoms with van der Waals surface area (Å²) < 4.78 is 6.08. The molecule has 5 nitrogen and oxygen atoms in total. The lowest BCUT2D eigenvalue weighted by atomic mass is 9.68. The lowest BCUT2D eigenvalue weighted by molar-refractivity contribution is 0.0954. The second-order valence-corrected chi connectivity index (χ2v) is 21.9. The van der Waals surface area contributed by atoms with E-state index in [9.17, 15) is 15.8 Å². The van der Waals surface area contributed by atoms with Gasteiger partial charge in [0.2, 0.25) is 0 Å². The van der Waals surface area contributed by atoms with Crippen molar-refractivity contribution in [2.45, 2.75) is 98.5 Å². The van der Waals surface area contributed by atoms with E-state index in [1.165, 1.54) is 28.1 Å². The van der Waals surface area contributed by atoms with Crippen LogP contribution in [-0.4, -0.2) is 13.7 Å². The van der Waals surface area contributed by atoms with Gasteiger partial charge in [0.05, 0.1) is 0 Å². The van der Waals surface area contributed by atoms with Crippen molar-refractivity contribution in [1.82, 2.24) is 0 Å². The van der Waals surface area contributed by atoms with Crippen LogP contribution in [0.15, 0.2) is 124 Å². The SMILES string of the molecule is CC1(C)OC(=C(C#N)C#N)C(C#N)=C1C=CC1=C(C#C[Si](C)(C)C)C(=CC=C2N(Cc3ccccc3)c3ccccc3C2(C)C)CC(C(C)(C)C)C1. The Morgan fingerprint density at radius 3 is 2.15 bits per heavy atom. The highest BCUT2D eigenvalue weighted by Crippen LogP contribution is 2.49. The highest BCUT2D eigenvalue weighted by Gasteiger charge is 2.41. The summed E-state index contributed by atoms with van der Waals surface area (Å²) in [7, 11) is -1.75. The summed E-state index contributed by atoms with van der Waals surface area (Å²) in [4.78, 5) is 2.46. The van der Waals surface area contributed by atoms with Gasteiger partial charge < -0.3 is 9.64 Å². The maximum atomic E-state index is 10.2. The third-order valence-electron chi connectivity index (χ3n) is 10.3. The number of anilines is 1. The fourth-order valence-electron chi connectivity index (χ4n) is 7.26. The maximum Gasteiger partial charge on any atom is 0.172 e. The van der Waals surface area contributed by atoms with Gasteiger partial charge in [0, 0.05) is 34.5 Å². The molecule has 0 radical (unpaired) electrons. The second-order valence-electron chi connectivity index (χ2n) is 17.1. The molecule has 264 valence electrons. The van der Waals surface area contributed by atoms with E-state index in [1.807, 2.05) is 32.1 Å². The van der Waals surface area contributed by atoms with Crippen molar-refractivity contribution in [1.29, 1.82) is 15.8 Å². The number of ether oxygens (including phenoxy) is 1. The Balaban J connectivity index is 1.72. The van der Waals surface area contributed by atoms with Gasteiger partial charge >= 0.3 is 0 Å². The molecular weight excluding hydrogens is 653 g/mol. The molecule has 0 fully saturated rings. The molecule has 0 aromatic heterocycles. The average molecular weight is 703 g/mol. The Morgan fingerprint density at radius 2 is 1.54 bits per heavy atom. The smallest absolute Gasteiger partial charge is 0.172 e. The Morgan fingerprint density at radius 1 is 0.885 bits per heavy atom. The fraction of sp³-hybridized carbons (Fsp3) is 0.370. The van der Waals surface area contributed by atoms with Crippen molar-refractivity contribution in [2.75, 3.05) is 4.90 Å². The highest BCUT2D eigenvalue weighted by molar-refractivity contribution is 6.83. The predicted molar refractivity (Wildman–Crippen MR) is 214 cm³/mol. The molecule has 0 N–H and O–H groups in total. The van der Waals surface area contributed by atoms with Gasteiger partial charge in [-0.2, -0.15) is 15.8 Å². The fourth-order valence-corrected chi connectivity index (χ4v) is 7.76. The molecule has 0 bridgehead atoms. The first-order valence-corrected chi connectivity index (χ1v) is 21.6. The average Bonchev–Trinajstić information content (AvgIpc) is 3.46. The zero-order valence-corrected chi connectivity index (χ0v) is 33.4. The Bertz CT molecular complexity index is 2130. The summed E-state index contributed by atoms with van der Waals surface area (Å²) in [5.41, 5.74) is 11.7. The number of nitriles is 3. The first-order valence-electron chi connectivity index (χ1n) is 18.1. The van der Waals surface area contributed by atoms with E-state index < -0.39 is 13.7 Å². The molecule has 1 atom stereocenters. The Labute approximate surface area is 312 Å². The number of hydrogen-bond acceptors (Lipinski definition) is 5. The molecule has 2 aromatic rings. The number of para-hydroxylation sites is 1. The summed E-state index contributed by atoms with van der Waals surface area (Å²) in [6.07, 6.45) is 10.4. The first-order chi connectivity index (χ1) is 24.4. The minimum atomic E-state index is -1.75. The van der Waals surface area contributed by atoms with E-state index in [0.717, 1.165) is 30.5 Å². The zero-order chi connectivity index (χ0) is 38.1. The van der Waals surface area contributed by atoms with Gasteiger partial charge in [-0.25, -0.2) is 0 Å². The number of allylic oxidation sites excluding steroid dienone is 9. The van der Waals surface area contributed by atoms with Gasteiger partial charge in [-0.3, -0.25) is 0 Å². The van der Waals surface area contributed by atoms with Crippen molar-refractivity contribution < 1.29 is 4.74 Å². The van der Waals surface area contributed by atoms with Gasteiger partial charge in [0.25, 0.3) is 0 Å². The lowest BCUT2D eigenvalue weighted by Crippen LogP contribution is -2.26. The van der Waals surface area contributed by atoms with Crippen LogP contribution in [0, 0.1) is 56.8 Å². The van der Waals surface area contributed by atoms with Crippen molar-refractivity contribution in [3.63, 3.8) is 0 Å². The monoisotopic (exact) mass is 702 g/mol. The molecule has 5 rings (SSSR count). The van der Waals surface area contributed by atoms with E-state index in [4.69, 9.17) is 4.74 Å². The first kappa shape index (κ1) is 38.0. The Kier molecular flexibility index (Phi) is 10.5. The van der Waals surface area contributed by atoms with E-state index in [1.54, 1.807) is 0 Å². The summed E-state index contributed by atoms with van der Waals surface area (Å²) >= 11 is 0. The van der Waals surface area contributed by atoms with Crippen molar-refractivity contribution in [3.8, 4) is 29.7 Å². The number of nitrogens with zero attached hydrogens (tertiary/aromatic N) is 4. The van der Waals surface area contributed by atoms with Gasteiger partial charge in [0.15, 0.2) is 11.3 Å². The highest BCUT2D eigenvalue weighted by atomic mass is 28.3. The standard InChI is InChI=1S/C46H50N4OSi/c1-44(2,3)36-26-33(20-22-39-38(30-49)43(35(28-47)29-48)51-46(39,6)7)37(24-25-52(8,9)10)34(27-36)21-23-42-45(4,5)40-18-14-15-19-41(40)50(42)31-32-16-12-11-13-17-32/h11-23,36H,26-27,31H2,1-10H3. The third-order valence-corrected chi connectivity index (χ3v) is 11.2. The Hall–Kier alpha value is -5.27. The van der Waals surface area contributed by atoms with Crippen LogP contribution >= 0.6 is 0 Å². The molecule has 0 saturated heterocycles. The summed E-state index contributed by atoms with van der Waals surface area (Å²) in [6.45, 7) is 22.8. The summed E-state index contributed by atoms with van der Waals surface area (Å²) in [5, 5.41) is 29.4. The minimum Gasteiger partial charge on any atom is -0.480 e. The van der Waals surface area contributed by atoms with Gasteiger partial charge in [0.1, 0.15) is 37.5 Å². The number of fused-ring (bicyclic) bond motifs is 1. The van der Waals surface area contributed by atoms with E-state index in [0.29, 0.717) is 11.5 Å². The largest absolute Gasteiger partial charge is 0.480 e. The number of rotatable bonds is 5. The van der Waals surface area contributed by atoms with Gasteiger partial charge in [-0.1, -0.05) is 127 Å². The van der Waals surface area contributed by atoms with Crippen LogP contribution in [0.2, 0.25) is 19.6 Å². The van der Waals surface area contributed by atoms with Crippen LogP contribution in [-0.2, 0) is 16.7 Å².